The fourth-order valence-corrected chi connectivity index (χ4v) is 2.39. The van der Waals surface area contributed by atoms with Gasteiger partial charge in [0.15, 0.2) is 0 Å². The first-order chi connectivity index (χ1) is 11.1. The summed E-state index contributed by atoms with van der Waals surface area (Å²) in [7, 11) is 0. The molecule has 0 aliphatic heterocycles. The van der Waals surface area contributed by atoms with E-state index < -0.39 is 0 Å². The van der Waals surface area contributed by atoms with Crippen LogP contribution in [0.5, 0.6) is 0 Å². The van der Waals surface area contributed by atoms with Crippen molar-refractivity contribution in [2.45, 2.75) is 45.6 Å². The number of amides is 2. The molecule has 0 spiro atoms. The lowest BCUT2D eigenvalue weighted by atomic mass is 10.1. The summed E-state index contributed by atoms with van der Waals surface area (Å²) in [5, 5.41) is 2.97. The third-order valence-corrected chi connectivity index (χ3v) is 3.80. The van der Waals surface area contributed by atoms with E-state index in [0.717, 1.165) is 44.3 Å². The summed E-state index contributed by atoms with van der Waals surface area (Å²) in [6.07, 6.45) is 7.52. The largest absolute Gasteiger partial charge is 0.349 e. The third-order valence-electron chi connectivity index (χ3n) is 3.80. The van der Waals surface area contributed by atoms with E-state index in [-0.39, 0.29) is 11.8 Å². The Bertz CT molecular complexity index is 553. The summed E-state index contributed by atoms with van der Waals surface area (Å²) < 4.78 is 0. The quantitative estimate of drug-likeness (QED) is 0.749. The second-order valence-electron chi connectivity index (χ2n) is 6.03. The Labute approximate surface area is 138 Å². The second-order valence-corrected chi connectivity index (χ2v) is 6.03. The van der Waals surface area contributed by atoms with Crippen molar-refractivity contribution in [3.63, 3.8) is 0 Å². The van der Waals surface area contributed by atoms with Gasteiger partial charge < -0.3 is 10.2 Å². The predicted molar refractivity (Wildman–Crippen MR) is 93.1 cm³/mol. The Morgan fingerprint density at radius 3 is 2.26 bits per heavy atom. The third kappa shape index (κ3) is 5.55. The average Bonchev–Trinajstić information content (AvgIpc) is 3.37. The van der Waals surface area contributed by atoms with Gasteiger partial charge in [0, 0.05) is 30.8 Å². The van der Waals surface area contributed by atoms with Crippen LogP contribution in [-0.4, -0.2) is 35.8 Å². The van der Waals surface area contributed by atoms with Gasteiger partial charge in [-0.15, -0.1) is 0 Å². The molecule has 4 heteroatoms. The van der Waals surface area contributed by atoms with Gasteiger partial charge in [0.25, 0.3) is 5.91 Å². The summed E-state index contributed by atoms with van der Waals surface area (Å²) in [6.45, 7) is 5.73. The molecule has 1 N–H and O–H groups in total. The Balaban J connectivity index is 1.93. The molecule has 1 aliphatic rings. The number of hydrogen-bond donors (Lipinski definition) is 1. The first-order valence-electron chi connectivity index (χ1n) is 8.52. The van der Waals surface area contributed by atoms with Gasteiger partial charge in [-0.2, -0.15) is 0 Å². The lowest BCUT2D eigenvalue weighted by Gasteiger charge is -2.19. The van der Waals surface area contributed by atoms with E-state index in [1.165, 1.54) is 0 Å². The Hall–Kier alpha value is -2.10. The maximum Gasteiger partial charge on any atom is 0.251 e. The molecule has 23 heavy (non-hydrogen) atoms. The topological polar surface area (TPSA) is 49.4 Å². The lowest BCUT2D eigenvalue weighted by molar-refractivity contribution is -0.126. The van der Waals surface area contributed by atoms with Gasteiger partial charge in [0.1, 0.15) is 0 Å². The van der Waals surface area contributed by atoms with E-state index >= 15 is 0 Å². The molecular weight excluding hydrogens is 288 g/mol. The lowest BCUT2D eigenvalue weighted by Crippen LogP contribution is -2.30. The van der Waals surface area contributed by atoms with Gasteiger partial charge >= 0.3 is 0 Å². The standard InChI is InChI=1S/C19H26N2O2/c1-3-13-21(14-4-2)18(22)12-7-15-5-8-16(9-6-15)19(23)20-17-10-11-17/h5-9,12,17H,3-4,10-11,13-14H2,1-2H3,(H,20,23)/b12-7+. The van der Waals surface area contributed by atoms with Crippen LogP contribution in [0.1, 0.15) is 55.5 Å². The molecule has 0 heterocycles. The van der Waals surface area contributed by atoms with Gasteiger partial charge in [0.05, 0.1) is 0 Å². The highest BCUT2D eigenvalue weighted by atomic mass is 16.2. The van der Waals surface area contributed by atoms with Crippen LogP contribution in [0.4, 0.5) is 0 Å². The Morgan fingerprint density at radius 1 is 1.13 bits per heavy atom. The maximum absolute atomic E-state index is 12.2. The van der Waals surface area contributed by atoms with Crippen molar-refractivity contribution in [1.29, 1.82) is 0 Å². The molecule has 124 valence electrons. The number of nitrogens with zero attached hydrogens (tertiary/aromatic N) is 1. The fraction of sp³-hybridized carbons (Fsp3) is 0.474. The zero-order chi connectivity index (χ0) is 16.7. The molecule has 0 bridgehead atoms. The molecule has 0 radical (unpaired) electrons. The number of hydrogen-bond acceptors (Lipinski definition) is 2. The van der Waals surface area contributed by atoms with Gasteiger partial charge in [0.2, 0.25) is 5.91 Å². The zero-order valence-corrected chi connectivity index (χ0v) is 14.0. The van der Waals surface area contributed by atoms with E-state index in [0.29, 0.717) is 11.6 Å². The van der Waals surface area contributed by atoms with E-state index in [1.54, 1.807) is 18.2 Å². The minimum Gasteiger partial charge on any atom is -0.349 e. The molecule has 0 atom stereocenters. The fourth-order valence-electron chi connectivity index (χ4n) is 2.39. The highest BCUT2D eigenvalue weighted by Crippen LogP contribution is 2.19. The minimum atomic E-state index is -0.0174. The van der Waals surface area contributed by atoms with Gasteiger partial charge in [-0.05, 0) is 49.5 Å². The van der Waals surface area contributed by atoms with Gasteiger partial charge in [-0.1, -0.05) is 26.0 Å². The number of carbonyl (C=O) groups excluding carboxylic acids is 2. The van der Waals surface area contributed by atoms with Crippen molar-refractivity contribution >= 4 is 17.9 Å². The van der Waals surface area contributed by atoms with Crippen LogP contribution in [0.15, 0.2) is 30.3 Å². The molecule has 2 rings (SSSR count). The molecule has 1 saturated carbocycles. The zero-order valence-electron chi connectivity index (χ0n) is 14.0. The molecule has 0 saturated heterocycles. The summed E-state index contributed by atoms with van der Waals surface area (Å²) in [6, 6.07) is 7.71. The summed E-state index contributed by atoms with van der Waals surface area (Å²) in [4.78, 5) is 26.0. The van der Waals surface area contributed by atoms with Crippen LogP contribution in [-0.2, 0) is 4.79 Å². The van der Waals surface area contributed by atoms with E-state index in [1.807, 2.05) is 23.1 Å². The van der Waals surface area contributed by atoms with Crippen LogP contribution < -0.4 is 5.32 Å². The van der Waals surface area contributed by atoms with Crippen molar-refractivity contribution in [2.75, 3.05) is 13.1 Å². The van der Waals surface area contributed by atoms with Crippen LogP contribution in [0.25, 0.3) is 6.08 Å². The molecule has 1 aromatic rings. The molecule has 1 fully saturated rings. The SMILES string of the molecule is CCCN(CCC)C(=O)/C=C/c1ccc(C(=O)NC2CC2)cc1. The van der Waals surface area contributed by atoms with Crippen molar-refractivity contribution < 1.29 is 9.59 Å². The molecular formula is C19H26N2O2. The van der Waals surface area contributed by atoms with Gasteiger partial charge in [-0.25, -0.2) is 0 Å². The average molecular weight is 314 g/mol. The van der Waals surface area contributed by atoms with Crippen molar-refractivity contribution in [2.24, 2.45) is 0 Å². The molecule has 1 aliphatic carbocycles. The normalized spacial score (nSPS) is 14.0. The first-order valence-corrected chi connectivity index (χ1v) is 8.52. The first kappa shape index (κ1) is 17.3. The summed E-state index contributed by atoms with van der Waals surface area (Å²) >= 11 is 0. The van der Waals surface area contributed by atoms with Crippen LogP contribution in [0.2, 0.25) is 0 Å². The van der Waals surface area contributed by atoms with E-state index in [4.69, 9.17) is 0 Å². The van der Waals surface area contributed by atoms with Crippen LogP contribution in [0, 0.1) is 0 Å². The monoisotopic (exact) mass is 314 g/mol. The minimum absolute atomic E-state index is 0.0174. The highest BCUT2D eigenvalue weighted by Gasteiger charge is 2.23. The van der Waals surface area contributed by atoms with Crippen molar-refractivity contribution in [1.82, 2.24) is 10.2 Å². The molecule has 4 nitrogen and oxygen atoms in total. The Kier molecular flexibility index (Phi) is 6.39. The van der Waals surface area contributed by atoms with E-state index in [2.05, 4.69) is 19.2 Å². The number of nitrogens with one attached hydrogen (secondary N) is 1. The molecule has 2 amide bonds. The molecule has 1 aromatic carbocycles. The Morgan fingerprint density at radius 2 is 1.74 bits per heavy atom. The summed E-state index contributed by atoms with van der Waals surface area (Å²) in [5.74, 6) is 0.0282. The second kappa shape index (κ2) is 8.51. The predicted octanol–water partition coefficient (Wildman–Crippen LogP) is 3.24. The van der Waals surface area contributed by atoms with Crippen LogP contribution in [0.3, 0.4) is 0 Å². The van der Waals surface area contributed by atoms with Crippen molar-refractivity contribution in [3.8, 4) is 0 Å². The van der Waals surface area contributed by atoms with Crippen LogP contribution >= 0.6 is 0 Å². The molecule has 0 aromatic heterocycles. The summed E-state index contributed by atoms with van der Waals surface area (Å²) in [5.41, 5.74) is 1.59. The van der Waals surface area contributed by atoms with Crippen molar-refractivity contribution in [3.05, 3.63) is 41.5 Å². The van der Waals surface area contributed by atoms with Gasteiger partial charge in [-0.3, -0.25) is 9.59 Å². The number of carbonyl (C=O) groups is 2. The number of rotatable bonds is 8. The van der Waals surface area contributed by atoms with E-state index in [9.17, 15) is 9.59 Å². The smallest absolute Gasteiger partial charge is 0.251 e. The maximum atomic E-state index is 12.2. The highest BCUT2D eigenvalue weighted by molar-refractivity contribution is 5.95. The molecule has 0 unspecified atom stereocenters. The number of benzene rings is 1.